The van der Waals surface area contributed by atoms with E-state index in [0.29, 0.717) is 32.0 Å². The summed E-state index contributed by atoms with van der Waals surface area (Å²) in [5, 5.41) is 2.76. The standard InChI is InChI=1S/C20H31N3O5S/c1-2-22-9-11-23(12-10-22)29(25,26)19-7-3-5-17(15-19)21-20(24)8-14-27-16-18-6-4-13-28-18/h3,5,7,15,18H,2,4,6,8-14,16H2,1H3,(H,21,24). The summed E-state index contributed by atoms with van der Waals surface area (Å²) in [7, 11) is -3.57. The van der Waals surface area contributed by atoms with E-state index in [4.69, 9.17) is 9.47 Å². The summed E-state index contributed by atoms with van der Waals surface area (Å²) in [6.07, 6.45) is 2.41. The minimum absolute atomic E-state index is 0.138. The second kappa shape index (κ2) is 10.5. The van der Waals surface area contributed by atoms with E-state index in [1.54, 1.807) is 18.2 Å². The minimum atomic E-state index is -3.57. The molecule has 1 atom stereocenters. The Morgan fingerprint density at radius 1 is 1.28 bits per heavy atom. The third kappa shape index (κ3) is 6.23. The molecule has 8 nitrogen and oxygen atoms in total. The van der Waals surface area contributed by atoms with Gasteiger partial charge in [0.1, 0.15) is 0 Å². The first-order valence-corrected chi connectivity index (χ1v) is 11.7. The fourth-order valence-corrected chi connectivity index (χ4v) is 5.02. The van der Waals surface area contributed by atoms with Gasteiger partial charge in [-0.1, -0.05) is 13.0 Å². The Morgan fingerprint density at radius 2 is 2.07 bits per heavy atom. The first kappa shape index (κ1) is 22.2. The summed E-state index contributed by atoms with van der Waals surface area (Å²) < 4.78 is 38.3. The molecule has 1 N–H and O–H groups in total. The average Bonchev–Trinajstić information content (AvgIpc) is 3.25. The summed E-state index contributed by atoms with van der Waals surface area (Å²) in [4.78, 5) is 14.6. The lowest BCUT2D eigenvalue weighted by atomic mass is 10.2. The molecule has 1 aromatic carbocycles. The van der Waals surface area contributed by atoms with Crippen molar-refractivity contribution >= 4 is 21.6 Å². The predicted octanol–water partition coefficient (Wildman–Crippen LogP) is 1.54. The van der Waals surface area contributed by atoms with Gasteiger partial charge in [0.25, 0.3) is 0 Å². The lowest BCUT2D eigenvalue weighted by Crippen LogP contribution is -2.48. The molecule has 3 rings (SSSR count). The number of nitrogens with zero attached hydrogens (tertiary/aromatic N) is 2. The van der Waals surface area contributed by atoms with Crippen molar-refractivity contribution in [1.29, 1.82) is 0 Å². The number of ether oxygens (including phenoxy) is 2. The molecular formula is C20H31N3O5S. The fourth-order valence-electron chi connectivity index (χ4n) is 3.55. The van der Waals surface area contributed by atoms with Crippen LogP contribution >= 0.6 is 0 Å². The highest BCUT2D eigenvalue weighted by Crippen LogP contribution is 2.21. The molecule has 0 aromatic heterocycles. The van der Waals surface area contributed by atoms with Gasteiger partial charge in [0.05, 0.1) is 30.6 Å². The van der Waals surface area contributed by atoms with E-state index in [2.05, 4.69) is 17.1 Å². The van der Waals surface area contributed by atoms with Crippen LogP contribution in [0.15, 0.2) is 29.2 Å². The van der Waals surface area contributed by atoms with Crippen LogP contribution in [0, 0.1) is 0 Å². The number of hydrogen-bond donors (Lipinski definition) is 1. The molecule has 162 valence electrons. The number of carbonyl (C=O) groups is 1. The lowest BCUT2D eigenvalue weighted by Gasteiger charge is -2.33. The summed E-state index contributed by atoms with van der Waals surface area (Å²) >= 11 is 0. The molecule has 0 spiro atoms. The van der Waals surface area contributed by atoms with Crippen LogP contribution < -0.4 is 5.32 Å². The summed E-state index contributed by atoms with van der Waals surface area (Å²) in [6, 6.07) is 6.44. The minimum Gasteiger partial charge on any atom is -0.378 e. The number of nitrogens with one attached hydrogen (secondary N) is 1. The molecule has 2 aliphatic heterocycles. The molecule has 2 fully saturated rings. The molecule has 0 saturated carbocycles. The number of piperazine rings is 1. The number of hydrogen-bond acceptors (Lipinski definition) is 6. The van der Waals surface area contributed by atoms with E-state index < -0.39 is 10.0 Å². The Bertz CT molecular complexity index is 772. The third-order valence-corrected chi connectivity index (χ3v) is 7.23. The van der Waals surface area contributed by atoms with E-state index in [1.807, 2.05) is 0 Å². The van der Waals surface area contributed by atoms with E-state index in [-0.39, 0.29) is 23.3 Å². The van der Waals surface area contributed by atoms with Crippen LogP contribution in [-0.4, -0.2) is 82.2 Å². The van der Waals surface area contributed by atoms with Gasteiger partial charge in [-0.3, -0.25) is 4.79 Å². The van der Waals surface area contributed by atoms with Crippen LogP contribution in [0.1, 0.15) is 26.2 Å². The van der Waals surface area contributed by atoms with Gasteiger partial charge in [0, 0.05) is 38.5 Å². The van der Waals surface area contributed by atoms with Gasteiger partial charge in [-0.2, -0.15) is 4.31 Å². The van der Waals surface area contributed by atoms with Gasteiger partial charge in [-0.25, -0.2) is 8.42 Å². The van der Waals surface area contributed by atoms with Crippen molar-refractivity contribution in [3.63, 3.8) is 0 Å². The highest BCUT2D eigenvalue weighted by molar-refractivity contribution is 7.89. The van der Waals surface area contributed by atoms with Gasteiger partial charge >= 0.3 is 0 Å². The number of benzene rings is 1. The Kier molecular flexibility index (Phi) is 8.02. The molecular weight excluding hydrogens is 394 g/mol. The molecule has 0 radical (unpaired) electrons. The second-order valence-electron chi connectivity index (χ2n) is 7.37. The van der Waals surface area contributed by atoms with E-state index in [9.17, 15) is 13.2 Å². The van der Waals surface area contributed by atoms with Crippen molar-refractivity contribution in [1.82, 2.24) is 9.21 Å². The highest BCUT2D eigenvalue weighted by atomic mass is 32.2. The molecule has 2 aliphatic rings. The van der Waals surface area contributed by atoms with Gasteiger partial charge in [0.2, 0.25) is 15.9 Å². The summed E-state index contributed by atoms with van der Waals surface area (Å²) in [5.41, 5.74) is 0.474. The van der Waals surface area contributed by atoms with Crippen LogP contribution in [0.5, 0.6) is 0 Å². The van der Waals surface area contributed by atoms with Crippen LogP contribution in [0.2, 0.25) is 0 Å². The smallest absolute Gasteiger partial charge is 0.243 e. The van der Waals surface area contributed by atoms with Gasteiger partial charge < -0.3 is 19.7 Å². The molecule has 9 heteroatoms. The first-order chi connectivity index (χ1) is 14.0. The van der Waals surface area contributed by atoms with Crippen LogP contribution in [0.25, 0.3) is 0 Å². The van der Waals surface area contributed by atoms with Crippen LogP contribution in [-0.2, 0) is 24.3 Å². The predicted molar refractivity (Wildman–Crippen MR) is 110 cm³/mol. The number of likely N-dealkylation sites (N-methyl/N-ethyl adjacent to an activating group) is 1. The largest absolute Gasteiger partial charge is 0.378 e. The van der Waals surface area contributed by atoms with E-state index in [0.717, 1.165) is 39.1 Å². The number of carbonyl (C=O) groups excluding carboxylic acids is 1. The molecule has 1 amide bonds. The molecule has 0 aliphatic carbocycles. The lowest BCUT2D eigenvalue weighted by molar-refractivity contribution is -0.117. The molecule has 1 unspecified atom stereocenters. The van der Waals surface area contributed by atoms with E-state index >= 15 is 0 Å². The topological polar surface area (TPSA) is 88.2 Å². The number of sulfonamides is 1. The number of anilines is 1. The van der Waals surface area contributed by atoms with Gasteiger partial charge in [-0.15, -0.1) is 0 Å². The Labute approximate surface area is 173 Å². The number of rotatable bonds is 9. The maximum absolute atomic E-state index is 12.9. The molecule has 29 heavy (non-hydrogen) atoms. The van der Waals surface area contributed by atoms with Crippen LogP contribution in [0.4, 0.5) is 5.69 Å². The van der Waals surface area contributed by atoms with Gasteiger partial charge in [-0.05, 0) is 37.6 Å². The Morgan fingerprint density at radius 3 is 2.76 bits per heavy atom. The fraction of sp³-hybridized carbons (Fsp3) is 0.650. The van der Waals surface area contributed by atoms with E-state index in [1.165, 1.54) is 10.4 Å². The van der Waals surface area contributed by atoms with Crippen molar-refractivity contribution in [2.75, 3.05) is 57.9 Å². The zero-order valence-corrected chi connectivity index (χ0v) is 17.8. The van der Waals surface area contributed by atoms with Crippen molar-refractivity contribution < 1.29 is 22.7 Å². The normalized spacial score (nSPS) is 21.3. The molecule has 1 aromatic rings. The monoisotopic (exact) mass is 425 g/mol. The van der Waals surface area contributed by atoms with Crippen molar-refractivity contribution in [3.05, 3.63) is 24.3 Å². The molecule has 2 heterocycles. The Balaban J connectivity index is 1.50. The number of amides is 1. The molecule has 0 bridgehead atoms. The van der Waals surface area contributed by atoms with Crippen molar-refractivity contribution in [2.45, 2.75) is 37.2 Å². The zero-order valence-electron chi connectivity index (χ0n) is 17.0. The van der Waals surface area contributed by atoms with Gasteiger partial charge in [0.15, 0.2) is 0 Å². The quantitative estimate of drug-likeness (QED) is 0.604. The highest BCUT2D eigenvalue weighted by Gasteiger charge is 2.28. The van der Waals surface area contributed by atoms with Crippen molar-refractivity contribution in [3.8, 4) is 0 Å². The first-order valence-electron chi connectivity index (χ1n) is 10.3. The van der Waals surface area contributed by atoms with Crippen LogP contribution in [0.3, 0.4) is 0 Å². The SMILES string of the molecule is CCN1CCN(S(=O)(=O)c2cccc(NC(=O)CCOCC3CCCO3)c2)CC1. The second-order valence-corrected chi connectivity index (χ2v) is 9.31. The van der Waals surface area contributed by atoms with Crippen molar-refractivity contribution in [2.24, 2.45) is 0 Å². The maximum Gasteiger partial charge on any atom is 0.243 e. The average molecular weight is 426 g/mol. The third-order valence-electron chi connectivity index (χ3n) is 5.34. The molecule has 2 saturated heterocycles. The Hall–Kier alpha value is -1.52. The summed E-state index contributed by atoms with van der Waals surface area (Å²) in [5.74, 6) is -0.205. The maximum atomic E-state index is 12.9. The summed E-state index contributed by atoms with van der Waals surface area (Å²) in [6.45, 7) is 7.02. The zero-order chi connectivity index (χ0) is 20.7.